The van der Waals surface area contributed by atoms with Crippen molar-refractivity contribution in [3.63, 3.8) is 0 Å². The Morgan fingerprint density at radius 1 is 1.27 bits per heavy atom. The van der Waals surface area contributed by atoms with Crippen LogP contribution in [0.2, 0.25) is 0 Å². The van der Waals surface area contributed by atoms with Gasteiger partial charge in [-0.3, -0.25) is 4.99 Å². The predicted molar refractivity (Wildman–Crippen MR) is 109 cm³/mol. The second kappa shape index (κ2) is 8.62. The highest BCUT2D eigenvalue weighted by Gasteiger charge is 2.23. The van der Waals surface area contributed by atoms with Gasteiger partial charge in [-0.15, -0.1) is 0 Å². The van der Waals surface area contributed by atoms with Crippen LogP contribution in [0.4, 0.5) is 11.6 Å². The highest BCUT2D eigenvalue weighted by Crippen LogP contribution is 2.26. The van der Waals surface area contributed by atoms with E-state index in [9.17, 15) is 0 Å². The first-order valence-electron chi connectivity index (χ1n) is 8.73. The molecule has 2 aromatic rings. The summed E-state index contributed by atoms with van der Waals surface area (Å²) in [5, 5.41) is 13.7. The minimum absolute atomic E-state index is 0.182. The van der Waals surface area contributed by atoms with Gasteiger partial charge in [-0.05, 0) is 50.2 Å². The molecule has 0 bridgehead atoms. The van der Waals surface area contributed by atoms with Crippen LogP contribution in [-0.2, 0) is 0 Å². The maximum atomic E-state index is 9.03. The number of nitrogens with zero attached hydrogens (tertiary/aromatic N) is 4. The van der Waals surface area contributed by atoms with E-state index in [0.29, 0.717) is 17.7 Å². The first-order valence-corrected chi connectivity index (χ1v) is 9.60. The fourth-order valence-electron chi connectivity index (χ4n) is 2.98. The molecule has 0 radical (unpaired) electrons. The van der Waals surface area contributed by atoms with Gasteiger partial charge >= 0.3 is 0 Å². The number of hydrogen-bond acceptors (Lipinski definition) is 7. The number of benzene rings is 1. The molecule has 2 N–H and O–H groups in total. The zero-order chi connectivity index (χ0) is 18.5. The lowest BCUT2D eigenvalue weighted by molar-refractivity contribution is 0.222. The van der Waals surface area contributed by atoms with Crippen LogP contribution in [0.3, 0.4) is 0 Å². The number of aliphatic hydroxyl groups excluding tert-OH is 1. The van der Waals surface area contributed by atoms with Crippen LogP contribution in [0.15, 0.2) is 35.5 Å². The molecule has 6 nitrogen and oxygen atoms in total. The summed E-state index contributed by atoms with van der Waals surface area (Å²) >= 11 is 1.75. The lowest BCUT2D eigenvalue weighted by atomic mass is 10.1. The predicted octanol–water partition coefficient (Wildman–Crippen LogP) is 2.62. The van der Waals surface area contributed by atoms with Crippen LogP contribution in [-0.4, -0.2) is 63.6 Å². The number of hydrogen-bond donors (Lipinski definition) is 2. The van der Waals surface area contributed by atoms with Crippen molar-refractivity contribution in [2.75, 3.05) is 38.6 Å². The molecular weight excluding hydrogens is 346 g/mol. The minimum Gasteiger partial charge on any atom is -0.395 e. The number of anilines is 2. The van der Waals surface area contributed by atoms with Crippen molar-refractivity contribution in [3.05, 3.63) is 47.3 Å². The van der Waals surface area contributed by atoms with Gasteiger partial charge in [0.05, 0.1) is 13.2 Å². The van der Waals surface area contributed by atoms with Gasteiger partial charge in [-0.25, -0.2) is 9.97 Å². The molecule has 1 aromatic heterocycles. The average Bonchev–Trinajstić information content (AvgIpc) is 3.03. The average molecular weight is 372 g/mol. The third-order valence-corrected chi connectivity index (χ3v) is 5.26. The lowest BCUT2D eigenvalue weighted by Crippen LogP contribution is -2.30. The summed E-state index contributed by atoms with van der Waals surface area (Å²) in [6.07, 6.45) is 1.77. The maximum Gasteiger partial charge on any atom is 0.227 e. The van der Waals surface area contributed by atoms with E-state index in [1.54, 1.807) is 18.0 Å². The molecule has 0 aliphatic carbocycles. The summed E-state index contributed by atoms with van der Waals surface area (Å²) in [5.74, 6) is 0.580. The Morgan fingerprint density at radius 3 is 2.77 bits per heavy atom. The number of aliphatic imine (C=N–C) groups is 1. The third-order valence-electron chi connectivity index (χ3n) is 4.07. The second-order valence-electron chi connectivity index (χ2n) is 6.64. The highest BCUT2D eigenvalue weighted by molar-refractivity contribution is 8.15. The molecule has 1 aliphatic heterocycles. The van der Waals surface area contributed by atoms with Gasteiger partial charge in [0.1, 0.15) is 10.7 Å². The van der Waals surface area contributed by atoms with E-state index >= 15 is 0 Å². The quantitative estimate of drug-likeness (QED) is 0.779. The molecule has 1 atom stereocenters. The number of thioether (sulfide) groups is 1. The topological polar surface area (TPSA) is 73.6 Å². The summed E-state index contributed by atoms with van der Waals surface area (Å²) in [5.41, 5.74) is 4.25. The van der Waals surface area contributed by atoms with Crippen molar-refractivity contribution in [1.82, 2.24) is 14.9 Å². The first-order chi connectivity index (χ1) is 12.5. The molecule has 26 heavy (non-hydrogen) atoms. The van der Waals surface area contributed by atoms with E-state index < -0.39 is 0 Å². The monoisotopic (exact) mass is 371 g/mol. The van der Waals surface area contributed by atoms with Gasteiger partial charge in [0.2, 0.25) is 5.95 Å². The van der Waals surface area contributed by atoms with Gasteiger partial charge in [-0.1, -0.05) is 17.8 Å². The number of likely N-dealkylation sites (N-methyl/N-ethyl adjacent to an activating group) is 1. The Balaban J connectivity index is 1.66. The molecule has 0 amide bonds. The van der Waals surface area contributed by atoms with Crippen LogP contribution in [0, 0.1) is 13.8 Å². The van der Waals surface area contributed by atoms with E-state index in [1.165, 1.54) is 11.1 Å². The number of aliphatic hydroxyl groups is 1. The van der Waals surface area contributed by atoms with E-state index in [1.807, 2.05) is 13.1 Å². The first kappa shape index (κ1) is 18.8. The second-order valence-corrected chi connectivity index (χ2v) is 7.93. The van der Waals surface area contributed by atoms with Crippen LogP contribution >= 0.6 is 11.8 Å². The molecule has 138 valence electrons. The third kappa shape index (κ3) is 5.03. The molecule has 3 rings (SSSR count). The van der Waals surface area contributed by atoms with Gasteiger partial charge in [0, 0.05) is 30.2 Å². The minimum atomic E-state index is 0.182. The Bertz CT molecular complexity index is 775. The number of aromatic nitrogens is 2. The Hall–Kier alpha value is -1.96. The smallest absolute Gasteiger partial charge is 0.227 e. The van der Waals surface area contributed by atoms with Gasteiger partial charge < -0.3 is 15.3 Å². The molecule has 7 heteroatoms. The van der Waals surface area contributed by atoms with E-state index in [0.717, 1.165) is 29.5 Å². The summed E-state index contributed by atoms with van der Waals surface area (Å²) in [7, 11) is 2.02. The fourth-order valence-corrected chi connectivity index (χ4v) is 4.15. The standard InChI is InChI=1S/C19H25N5OS/c1-13-8-14(2)10-15(9-13)22-19-20-5-4-17(23-19)18-21-11-16(26-18)12-24(3)6-7-25/h4-5,8-10,16,25H,6-7,11-12H2,1-3H3,(H,20,22,23). The maximum absolute atomic E-state index is 9.03. The zero-order valence-corrected chi connectivity index (χ0v) is 16.3. The van der Waals surface area contributed by atoms with E-state index in [2.05, 4.69) is 57.2 Å². The van der Waals surface area contributed by atoms with Crippen molar-refractivity contribution < 1.29 is 5.11 Å². The largest absolute Gasteiger partial charge is 0.395 e. The molecule has 2 heterocycles. The summed E-state index contributed by atoms with van der Waals surface area (Å²) in [4.78, 5) is 15.7. The number of nitrogens with one attached hydrogen (secondary N) is 1. The molecule has 1 aromatic carbocycles. The Labute approximate surface area is 158 Å². The molecule has 0 saturated carbocycles. The van der Waals surface area contributed by atoms with Gasteiger partial charge in [0.25, 0.3) is 0 Å². The Kier molecular flexibility index (Phi) is 6.24. The number of aryl methyl sites for hydroxylation is 2. The summed E-state index contributed by atoms with van der Waals surface area (Å²) in [6, 6.07) is 8.20. The van der Waals surface area contributed by atoms with Crippen LogP contribution < -0.4 is 5.32 Å². The van der Waals surface area contributed by atoms with Crippen molar-refractivity contribution >= 4 is 28.4 Å². The van der Waals surface area contributed by atoms with Crippen LogP contribution in [0.25, 0.3) is 0 Å². The van der Waals surface area contributed by atoms with Crippen molar-refractivity contribution in [3.8, 4) is 0 Å². The molecule has 0 saturated heterocycles. The molecule has 0 fully saturated rings. The van der Waals surface area contributed by atoms with Crippen molar-refractivity contribution in [1.29, 1.82) is 0 Å². The molecule has 0 spiro atoms. The summed E-state index contributed by atoms with van der Waals surface area (Å²) in [6.45, 7) is 6.70. The van der Waals surface area contributed by atoms with Crippen LogP contribution in [0.1, 0.15) is 16.8 Å². The van der Waals surface area contributed by atoms with Crippen molar-refractivity contribution in [2.24, 2.45) is 4.99 Å². The number of rotatable bonds is 7. The molecule has 1 unspecified atom stereocenters. The van der Waals surface area contributed by atoms with Gasteiger partial charge in [-0.2, -0.15) is 0 Å². The highest BCUT2D eigenvalue weighted by atomic mass is 32.2. The van der Waals surface area contributed by atoms with Crippen LogP contribution in [0.5, 0.6) is 0 Å². The zero-order valence-electron chi connectivity index (χ0n) is 15.4. The van der Waals surface area contributed by atoms with E-state index in [-0.39, 0.29) is 6.61 Å². The van der Waals surface area contributed by atoms with Gasteiger partial charge in [0.15, 0.2) is 0 Å². The fraction of sp³-hybridized carbons (Fsp3) is 0.421. The molecular formula is C19H25N5OS. The normalized spacial score (nSPS) is 16.8. The van der Waals surface area contributed by atoms with E-state index in [4.69, 9.17) is 5.11 Å². The summed E-state index contributed by atoms with van der Waals surface area (Å²) < 4.78 is 0. The lowest BCUT2D eigenvalue weighted by Gasteiger charge is -2.18. The SMILES string of the molecule is Cc1cc(C)cc(Nc2nccc(C3=NCC(CN(C)CCO)S3)n2)c1. The molecule has 1 aliphatic rings. The van der Waals surface area contributed by atoms with Crippen molar-refractivity contribution in [2.45, 2.75) is 19.1 Å². The Morgan fingerprint density at radius 2 is 2.04 bits per heavy atom.